The Hall–Kier alpha value is -1.18. The molecule has 1 aliphatic heterocycles. The predicted molar refractivity (Wildman–Crippen MR) is 69.6 cm³/mol. The fourth-order valence-electron chi connectivity index (χ4n) is 2.99. The number of fused-ring (bicyclic) bond motifs is 1. The second-order valence-electron chi connectivity index (χ2n) is 6.20. The molecule has 0 N–H and O–H groups in total. The van der Waals surface area contributed by atoms with Crippen LogP contribution < -0.4 is 9.47 Å². The van der Waals surface area contributed by atoms with Crippen LogP contribution >= 0.6 is 0 Å². The molecule has 0 bridgehead atoms. The summed E-state index contributed by atoms with van der Waals surface area (Å²) < 4.78 is 10.8. The molecule has 2 rings (SSSR count). The van der Waals surface area contributed by atoms with Crippen LogP contribution in [0.15, 0.2) is 18.2 Å². The van der Waals surface area contributed by atoms with Crippen LogP contribution in [0.2, 0.25) is 0 Å². The number of benzene rings is 1. The van der Waals surface area contributed by atoms with E-state index in [1.165, 1.54) is 5.56 Å². The molecule has 0 spiro atoms. The van der Waals surface area contributed by atoms with Crippen LogP contribution in [-0.4, -0.2) is 6.79 Å². The van der Waals surface area contributed by atoms with Crippen molar-refractivity contribution < 1.29 is 9.47 Å². The van der Waals surface area contributed by atoms with Crippen LogP contribution in [0.1, 0.15) is 46.1 Å². The van der Waals surface area contributed by atoms with Crippen molar-refractivity contribution in [2.75, 3.05) is 6.79 Å². The Labute approximate surface area is 104 Å². The summed E-state index contributed by atoms with van der Waals surface area (Å²) in [6.07, 6.45) is 0. The van der Waals surface area contributed by atoms with Crippen LogP contribution in [0.25, 0.3) is 0 Å². The van der Waals surface area contributed by atoms with Crippen molar-refractivity contribution in [3.8, 4) is 11.5 Å². The maximum atomic E-state index is 5.46. The second kappa shape index (κ2) is 4.25. The van der Waals surface area contributed by atoms with Gasteiger partial charge in [0.1, 0.15) is 0 Å². The van der Waals surface area contributed by atoms with Crippen LogP contribution in [0, 0.1) is 11.3 Å². The Morgan fingerprint density at radius 2 is 1.71 bits per heavy atom. The normalized spacial score (nSPS) is 16.4. The SMILES string of the molecule is CC(C)[C@@H](c1ccc2c(c1)OCO2)C(C)(C)C. The van der Waals surface area contributed by atoms with Crippen LogP contribution in [0.5, 0.6) is 11.5 Å². The van der Waals surface area contributed by atoms with Crippen LogP contribution in [0.3, 0.4) is 0 Å². The molecule has 0 unspecified atom stereocenters. The van der Waals surface area contributed by atoms with Gasteiger partial charge in [0, 0.05) is 0 Å². The lowest BCUT2D eigenvalue weighted by molar-refractivity contribution is 0.174. The van der Waals surface area contributed by atoms with E-state index in [9.17, 15) is 0 Å². The monoisotopic (exact) mass is 234 g/mol. The molecule has 17 heavy (non-hydrogen) atoms. The smallest absolute Gasteiger partial charge is 0.231 e. The lowest BCUT2D eigenvalue weighted by atomic mass is 9.70. The molecule has 1 heterocycles. The minimum atomic E-state index is 0.252. The zero-order valence-corrected chi connectivity index (χ0v) is 11.4. The minimum Gasteiger partial charge on any atom is -0.454 e. The summed E-state index contributed by atoms with van der Waals surface area (Å²) in [4.78, 5) is 0. The molecule has 2 heteroatoms. The number of rotatable bonds is 2. The van der Waals surface area contributed by atoms with Crippen molar-refractivity contribution in [3.05, 3.63) is 23.8 Å². The van der Waals surface area contributed by atoms with Gasteiger partial charge in [0.2, 0.25) is 6.79 Å². The highest BCUT2D eigenvalue weighted by molar-refractivity contribution is 5.45. The lowest BCUT2D eigenvalue weighted by Gasteiger charge is -2.34. The van der Waals surface area contributed by atoms with Crippen molar-refractivity contribution in [2.45, 2.75) is 40.5 Å². The highest BCUT2D eigenvalue weighted by atomic mass is 16.7. The first-order valence-electron chi connectivity index (χ1n) is 6.29. The minimum absolute atomic E-state index is 0.252. The van der Waals surface area contributed by atoms with E-state index >= 15 is 0 Å². The maximum absolute atomic E-state index is 5.46. The van der Waals surface area contributed by atoms with Crippen molar-refractivity contribution in [1.29, 1.82) is 0 Å². The van der Waals surface area contributed by atoms with Gasteiger partial charge in [-0.05, 0) is 34.9 Å². The standard InChI is InChI=1S/C15H22O2/c1-10(2)14(15(3,4)5)11-6-7-12-13(8-11)17-9-16-12/h6-8,10,14H,9H2,1-5H3/t14-/m0/s1. The molecular weight excluding hydrogens is 212 g/mol. The lowest BCUT2D eigenvalue weighted by Crippen LogP contribution is -2.23. The molecule has 0 fully saturated rings. The molecule has 0 aromatic heterocycles. The third kappa shape index (κ3) is 2.41. The highest BCUT2D eigenvalue weighted by Crippen LogP contribution is 2.43. The van der Waals surface area contributed by atoms with E-state index in [1.54, 1.807) is 0 Å². The van der Waals surface area contributed by atoms with E-state index in [0.717, 1.165) is 11.5 Å². The van der Waals surface area contributed by atoms with Gasteiger partial charge in [0.15, 0.2) is 11.5 Å². The summed E-state index contributed by atoms with van der Waals surface area (Å²) in [6, 6.07) is 6.33. The molecular formula is C15H22O2. The molecule has 0 saturated heterocycles. The summed E-state index contributed by atoms with van der Waals surface area (Å²) >= 11 is 0. The van der Waals surface area contributed by atoms with Gasteiger partial charge in [0.05, 0.1) is 0 Å². The Morgan fingerprint density at radius 1 is 1.06 bits per heavy atom. The molecule has 0 radical (unpaired) electrons. The Kier molecular flexibility index (Phi) is 3.07. The van der Waals surface area contributed by atoms with Gasteiger partial charge in [-0.2, -0.15) is 0 Å². The van der Waals surface area contributed by atoms with E-state index in [4.69, 9.17) is 9.47 Å². The molecule has 1 aromatic carbocycles. The van der Waals surface area contributed by atoms with Crippen molar-refractivity contribution in [2.24, 2.45) is 11.3 Å². The fourth-order valence-corrected chi connectivity index (χ4v) is 2.99. The van der Waals surface area contributed by atoms with E-state index in [0.29, 0.717) is 18.6 Å². The number of ether oxygens (including phenoxy) is 2. The van der Waals surface area contributed by atoms with Crippen molar-refractivity contribution in [3.63, 3.8) is 0 Å². The molecule has 2 nitrogen and oxygen atoms in total. The molecule has 94 valence electrons. The van der Waals surface area contributed by atoms with E-state index in [2.05, 4.69) is 46.8 Å². The summed E-state index contributed by atoms with van der Waals surface area (Å²) in [5.74, 6) is 2.88. The zero-order valence-electron chi connectivity index (χ0n) is 11.4. The first-order chi connectivity index (χ1) is 7.89. The topological polar surface area (TPSA) is 18.5 Å². The maximum Gasteiger partial charge on any atom is 0.231 e. The van der Waals surface area contributed by atoms with E-state index in [1.807, 2.05) is 6.07 Å². The van der Waals surface area contributed by atoms with Crippen LogP contribution in [0.4, 0.5) is 0 Å². The number of hydrogen-bond acceptors (Lipinski definition) is 2. The van der Waals surface area contributed by atoms with Gasteiger partial charge in [0.25, 0.3) is 0 Å². The first kappa shape index (κ1) is 12.3. The van der Waals surface area contributed by atoms with Gasteiger partial charge >= 0.3 is 0 Å². The predicted octanol–water partition coefficient (Wildman–Crippen LogP) is 4.20. The van der Waals surface area contributed by atoms with Crippen molar-refractivity contribution >= 4 is 0 Å². The second-order valence-corrected chi connectivity index (χ2v) is 6.20. The Morgan fingerprint density at radius 3 is 2.29 bits per heavy atom. The average molecular weight is 234 g/mol. The van der Waals surface area contributed by atoms with Gasteiger partial charge in [-0.1, -0.05) is 40.7 Å². The first-order valence-corrected chi connectivity index (χ1v) is 6.29. The summed E-state index contributed by atoms with van der Waals surface area (Å²) in [5, 5.41) is 0. The zero-order chi connectivity index (χ0) is 12.6. The Balaban J connectivity index is 2.37. The third-order valence-electron chi connectivity index (χ3n) is 3.36. The molecule has 1 aliphatic rings. The van der Waals surface area contributed by atoms with Gasteiger partial charge < -0.3 is 9.47 Å². The van der Waals surface area contributed by atoms with E-state index in [-0.39, 0.29) is 5.41 Å². The third-order valence-corrected chi connectivity index (χ3v) is 3.36. The van der Waals surface area contributed by atoms with Crippen LogP contribution in [-0.2, 0) is 0 Å². The highest BCUT2D eigenvalue weighted by Gasteiger charge is 2.30. The summed E-state index contributed by atoms with van der Waals surface area (Å²) in [7, 11) is 0. The molecule has 1 aromatic rings. The molecule has 0 amide bonds. The average Bonchev–Trinajstić information content (AvgIpc) is 2.61. The van der Waals surface area contributed by atoms with Gasteiger partial charge in [-0.3, -0.25) is 0 Å². The van der Waals surface area contributed by atoms with Gasteiger partial charge in [-0.15, -0.1) is 0 Å². The molecule has 0 aliphatic carbocycles. The number of hydrogen-bond donors (Lipinski definition) is 0. The molecule has 0 saturated carbocycles. The fraction of sp³-hybridized carbons (Fsp3) is 0.600. The largest absolute Gasteiger partial charge is 0.454 e. The quantitative estimate of drug-likeness (QED) is 0.763. The Bertz CT molecular complexity index is 402. The van der Waals surface area contributed by atoms with Gasteiger partial charge in [-0.25, -0.2) is 0 Å². The summed E-state index contributed by atoms with van der Waals surface area (Å²) in [5.41, 5.74) is 1.60. The molecule has 1 atom stereocenters. The van der Waals surface area contributed by atoms with E-state index < -0.39 is 0 Å². The summed E-state index contributed by atoms with van der Waals surface area (Å²) in [6.45, 7) is 11.8. The van der Waals surface area contributed by atoms with Crippen molar-refractivity contribution in [1.82, 2.24) is 0 Å².